The predicted octanol–water partition coefficient (Wildman–Crippen LogP) is 4.06. The van der Waals surface area contributed by atoms with E-state index in [0.717, 1.165) is 23.1 Å². The van der Waals surface area contributed by atoms with Gasteiger partial charge in [0.25, 0.3) is 0 Å². The molecule has 2 aromatic carbocycles. The molecule has 120 valence electrons. The summed E-state index contributed by atoms with van der Waals surface area (Å²) in [7, 11) is 0. The Hall–Kier alpha value is -2.74. The molecule has 3 rings (SSSR count). The average Bonchev–Trinajstić information content (AvgIpc) is 2.59. The van der Waals surface area contributed by atoms with Crippen molar-refractivity contribution in [3.63, 3.8) is 0 Å². The van der Waals surface area contributed by atoms with Gasteiger partial charge in [-0.05, 0) is 43.0 Å². The van der Waals surface area contributed by atoms with Crippen molar-refractivity contribution in [2.75, 3.05) is 0 Å². The van der Waals surface area contributed by atoms with Crippen molar-refractivity contribution in [1.29, 1.82) is 0 Å². The Bertz CT molecular complexity index is 836. The molecule has 3 aromatic rings. The lowest BCUT2D eigenvalue weighted by atomic mass is 10.0. The van der Waals surface area contributed by atoms with Crippen LogP contribution in [0.1, 0.15) is 32.6 Å². The molecule has 0 aliphatic heterocycles. The minimum atomic E-state index is 0.150. The Labute approximate surface area is 143 Å². The topological polar surface area (TPSA) is 20.9 Å². The van der Waals surface area contributed by atoms with E-state index in [9.17, 15) is 4.79 Å². The van der Waals surface area contributed by atoms with E-state index in [2.05, 4.69) is 36.4 Å². The first-order chi connectivity index (χ1) is 11.6. The fourth-order valence-corrected chi connectivity index (χ4v) is 2.83. The zero-order valence-electron chi connectivity index (χ0n) is 14.2. The predicted molar refractivity (Wildman–Crippen MR) is 96.1 cm³/mol. The van der Waals surface area contributed by atoms with Crippen molar-refractivity contribution in [3.05, 3.63) is 101 Å². The van der Waals surface area contributed by atoms with Gasteiger partial charge in [-0.25, -0.2) is 0 Å². The van der Waals surface area contributed by atoms with Gasteiger partial charge in [-0.15, -0.1) is 0 Å². The van der Waals surface area contributed by atoms with Gasteiger partial charge in [0.1, 0.15) is 0 Å². The maximum atomic E-state index is 12.5. The normalized spacial score (nSPS) is 10.6. The number of benzene rings is 2. The fourth-order valence-electron chi connectivity index (χ4n) is 2.83. The van der Waals surface area contributed by atoms with E-state index in [0.29, 0.717) is 6.54 Å². The SMILES string of the molecule is Cc1ccc(C)c(C(=O)C[n+]2ccc(Cc3ccccc3)cc2)c1. The number of rotatable bonds is 5. The zero-order chi connectivity index (χ0) is 16.9. The second kappa shape index (κ2) is 7.22. The molecule has 0 N–H and O–H groups in total. The van der Waals surface area contributed by atoms with Gasteiger partial charge in [-0.3, -0.25) is 4.79 Å². The number of carbonyl (C=O) groups is 1. The van der Waals surface area contributed by atoms with Gasteiger partial charge >= 0.3 is 0 Å². The quantitative estimate of drug-likeness (QED) is 0.513. The number of hydrogen-bond donors (Lipinski definition) is 0. The first kappa shape index (κ1) is 16.1. The van der Waals surface area contributed by atoms with Crippen molar-refractivity contribution in [2.45, 2.75) is 26.8 Å². The molecule has 1 aromatic heterocycles. The van der Waals surface area contributed by atoms with E-state index in [1.54, 1.807) is 0 Å². The highest BCUT2D eigenvalue weighted by Crippen LogP contribution is 2.12. The van der Waals surface area contributed by atoms with Crippen molar-refractivity contribution >= 4 is 5.78 Å². The van der Waals surface area contributed by atoms with Crippen LogP contribution in [-0.2, 0) is 13.0 Å². The summed E-state index contributed by atoms with van der Waals surface area (Å²) in [6.45, 7) is 4.37. The smallest absolute Gasteiger partial charge is 0.227 e. The molecule has 0 amide bonds. The molecular weight excluding hydrogens is 294 g/mol. The minimum absolute atomic E-state index is 0.150. The maximum Gasteiger partial charge on any atom is 0.227 e. The first-order valence-corrected chi connectivity index (χ1v) is 8.24. The van der Waals surface area contributed by atoms with Gasteiger partial charge in [-0.2, -0.15) is 4.57 Å². The Morgan fingerprint density at radius 2 is 1.54 bits per heavy atom. The number of pyridine rings is 1. The maximum absolute atomic E-state index is 12.5. The van der Waals surface area contributed by atoms with E-state index in [-0.39, 0.29) is 5.78 Å². The lowest BCUT2D eigenvalue weighted by Gasteiger charge is -2.05. The number of Topliss-reactive ketones (excluding diaryl/α,β-unsaturated/α-hetero) is 1. The van der Waals surface area contributed by atoms with E-state index >= 15 is 0 Å². The molecule has 0 spiro atoms. The van der Waals surface area contributed by atoms with Crippen LogP contribution in [0.4, 0.5) is 0 Å². The summed E-state index contributed by atoms with van der Waals surface area (Å²) in [6.07, 6.45) is 4.88. The zero-order valence-corrected chi connectivity index (χ0v) is 14.2. The van der Waals surface area contributed by atoms with Crippen LogP contribution in [0.2, 0.25) is 0 Å². The van der Waals surface area contributed by atoms with Crippen LogP contribution >= 0.6 is 0 Å². The molecule has 2 heteroatoms. The van der Waals surface area contributed by atoms with Crippen LogP contribution in [0.25, 0.3) is 0 Å². The second-order valence-corrected chi connectivity index (χ2v) is 6.28. The summed E-state index contributed by atoms with van der Waals surface area (Å²) in [5, 5.41) is 0. The largest absolute Gasteiger partial charge is 0.287 e. The highest BCUT2D eigenvalue weighted by molar-refractivity contribution is 5.96. The monoisotopic (exact) mass is 316 g/mol. The highest BCUT2D eigenvalue weighted by atomic mass is 16.1. The van der Waals surface area contributed by atoms with Crippen LogP contribution in [0.15, 0.2) is 73.1 Å². The molecule has 0 atom stereocenters. The molecule has 0 fully saturated rings. The Morgan fingerprint density at radius 1 is 0.875 bits per heavy atom. The van der Waals surface area contributed by atoms with Crippen molar-refractivity contribution in [3.8, 4) is 0 Å². The highest BCUT2D eigenvalue weighted by Gasteiger charge is 2.14. The lowest BCUT2D eigenvalue weighted by Crippen LogP contribution is -2.37. The van der Waals surface area contributed by atoms with Gasteiger partial charge in [0, 0.05) is 17.7 Å². The molecule has 0 radical (unpaired) electrons. The molecule has 0 unspecified atom stereocenters. The molecule has 0 bridgehead atoms. The lowest BCUT2D eigenvalue weighted by molar-refractivity contribution is -0.683. The van der Waals surface area contributed by atoms with Crippen molar-refractivity contribution < 1.29 is 9.36 Å². The van der Waals surface area contributed by atoms with Gasteiger partial charge in [0.15, 0.2) is 12.4 Å². The standard InChI is InChI=1S/C22H22NO/c1-17-8-9-18(2)21(14-17)22(24)16-23-12-10-20(11-13-23)15-19-6-4-3-5-7-19/h3-14H,15-16H2,1-2H3/q+1. The fraction of sp³-hybridized carbons (Fsp3) is 0.182. The molecule has 0 saturated heterocycles. The molecule has 0 aliphatic rings. The molecular formula is C22H22NO+. The summed E-state index contributed by atoms with van der Waals surface area (Å²) in [5.74, 6) is 0.150. The molecule has 24 heavy (non-hydrogen) atoms. The van der Waals surface area contributed by atoms with Crippen LogP contribution in [0.3, 0.4) is 0 Å². The Morgan fingerprint density at radius 3 is 2.25 bits per heavy atom. The van der Waals surface area contributed by atoms with E-state index in [1.807, 2.05) is 55.1 Å². The van der Waals surface area contributed by atoms with Gasteiger partial charge < -0.3 is 0 Å². The summed E-state index contributed by atoms with van der Waals surface area (Å²) in [4.78, 5) is 12.5. The van der Waals surface area contributed by atoms with Crippen LogP contribution in [0.5, 0.6) is 0 Å². The molecule has 0 aliphatic carbocycles. The van der Waals surface area contributed by atoms with Crippen LogP contribution in [0, 0.1) is 13.8 Å². The Balaban J connectivity index is 1.70. The third-order valence-electron chi connectivity index (χ3n) is 4.23. The number of ketones is 1. The molecule has 1 heterocycles. The number of nitrogens with zero attached hydrogens (tertiary/aromatic N) is 1. The second-order valence-electron chi connectivity index (χ2n) is 6.28. The van der Waals surface area contributed by atoms with Crippen molar-refractivity contribution in [1.82, 2.24) is 0 Å². The van der Waals surface area contributed by atoms with Gasteiger partial charge in [0.05, 0.1) is 0 Å². The number of aryl methyl sites for hydroxylation is 2. The number of hydrogen-bond acceptors (Lipinski definition) is 1. The van der Waals surface area contributed by atoms with Crippen molar-refractivity contribution in [2.24, 2.45) is 0 Å². The van der Waals surface area contributed by atoms with Gasteiger partial charge in [-0.1, -0.05) is 48.0 Å². The average molecular weight is 316 g/mol. The summed E-state index contributed by atoms with van der Waals surface area (Å²) in [5.41, 5.74) is 5.51. The third kappa shape index (κ3) is 3.96. The van der Waals surface area contributed by atoms with Gasteiger partial charge in [0.2, 0.25) is 12.3 Å². The molecule has 0 saturated carbocycles. The van der Waals surface area contributed by atoms with E-state index in [1.165, 1.54) is 11.1 Å². The summed E-state index contributed by atoms with van der Waals surface area (Å²) >= 11 is 0. The number of aromatic nitrogens is 1. The summed E-state index contributed by atoms with van der Waals surface area (Å²) in [6, 6.07) is 20.6. The van der Waals surface area contributed by atoms with E-state index in [4.69, 9.17) is 0 Å². The van der Waals surface area contributed by atoms with Crippen LogP contribution < -0.4 is 4.57 Å². The first-order valence-electron chi connectivity index (χ1n) is 8.24. The van der Waals surface area contributed by atoms with E-state index < -0.39 is 0 Å². The third-order valence-corrected chi connectivity index (χ3v) is 4.23. The number of carbonyl (C=O) groups excluding carboxylic acids is 1. The minimum Gasteiger partial charge on any atom is -0.287 e. The molecule has 2 nitrogen and oxygen atoms in total. The Kier molecular flexibility index (Phi) is 4.85. The van der Waals surface area contributed by atoms with Crippen LogP contribution in [-0.4, -0.2) is 5.78 Å². The summed E-state index contributed by atoms with van der Waals surface area (Å²) < 4.78 is 1.94.